The molecule has 1 amide bonds. The summed E-state index contributed by atoms with van der Waals surface area (Å²) in [5, 5.41) is 6.53. The molecule has 2 fully saturated rings. The van der Waals surface area contributed by atoms with Crippen molar-refractivity contribution < 1.29 is 4.79 Å². The summed E-state index contributed by atoms with van der Waals surface area (Å²) in [4.78, 5) is 14.6. The van der Waals surface area contributed by atoms with Crippen molar-refractivity contribution in [2.45, 2.75) is 20.3 Å². The number of carbonyl (C=O) groups is 1. The fraction of sp³-hybridized carbons (Fsp3) is 0.588. The van der Waals surface area contributed by atoms with E-state index >= 15 is 0 Å². The van der Waals surface area contributed by atoms with Crippen LogP contribution >= 0.6 is 0 Å². The molecule has 0 bridgehead atoms. The number of piperidine rings is 1. The fourth-order valence-electron chi connectivity index (χ4n) is 3.53. The van der Waals surface area contributed by atoms with E-state index in [1.54, 1.807) is 0 Å². The van der Waals surface area contributed by atoms with Gasteiger partial charge in [-0.2, -0.15) is 0 Å². The summed E-state index contributed by atoms with van der Waals surface area (Å²) in [7, 11) is 0. The summed E-state index contributed by atoms with van der Waals surface area (Å²) in [6.07, 6.45) is 1.22. The van der Waals surface area contributed by atoms with Gasteiger partial charge in [0.15, 0.2) is 0 Å². The standard InChI is InChI=1S/C17H25N3O/c1-12-4-3-5-16(13(12)2)19-17(21)11-20-7-6-14-8-18-9-15(14)10-20/h3-5,14-15,18H,6-11H2,1-2H3,(H,19,21). The van der Waals surface area contributed by atoms with E-state index in [0.29, 0.717) is 6.54 Å². The Kier molecular flexibility index (Phi) is 4.27. The van der Waals surface area contributed by atoms with Gasteiger partial charge in [0, 0.05) is 12.2 Å². The number of benzene rings is 1. The zero-order chi connectivity index (χ0) is 14.8. The summed E-state index contributed by atoms with van der Waals surface area (Å²) in [5.41, 5.74) is 3.31. The molecular formula is C17H25N3O. The van der Waals surface area contributed by atoms with E-state index in [1.165, 1.54) is 12.0 Å². The summed E-state index contributed by atoms with van der Waals surface area (Å²) in [6.45, 7) is 9.01. The minimum Gasteiger partial charge on any atom is -0.325 e. The minimum absolute atomic E-state index is 0.105. The van der Waals surface area contributed by atoms with Crippen molar-refractivity contribution in [3.8, 4) is 0 Å². The first-order chi connectivity index (χ1) is 10.1. The van der Waals surface area contributed by atoms with Gasteiger partial charge in [-0.05, 0) is 68.9 Å². The first-order valence-electron chi connectivity index (χ1n) is 7.92. The average Bonchev–Trinajstić information content (AvgIpc) is 2.91. The smallest absolute Gasteiger partial charge is 0.238 e. The van der Waals surface area contributed by atoms with Crippen LogP contribution in [0.5, 0.6) is 0 Å². The molecule has 0 aromatic heterocycles. The lowest BCUT2D eigenvalue weighted by Gasteiger charge is -2.33. The van der Waals surface area contributed by atoms with Gasteiger partial charge in [-0.1, -0.05) is 12.1 Å². The zero-order valence-electron chi connectivity index (χ0n) is 13.0. The molecule has 2 atom stereocenters. The summed E-state index contributed by atoms with van der Waals surface area (Å²) < 4.78 is 0. The molecule has 2 N–H and O–H groups in total. The van der Waals surface area contributed by atoms with Crippen molar-refractivity contribution in [1.82, 2.24) is 10.2 Å². The van der Waals surface area contributed by atoms with Crippen molar-refractivity contribution in [3.05, 3.63) is 29.3 Å². The highest BCUT2D eigenvalue weighted by molar-refractivity contribution is 5.93. The molecular weight excluding hydrogens is 262 g/mol. The SMILES string of the molecule is Cc1cccc(NC(=O)CN2CCC3CNCC3C2)c1C. The molecule has 0 aliphatic carbocycles. The van der Waals surface area contributed by atoms with Crippen molar-refractivity contribution in [2.24, 2.45) is 11.8 Å². The second-order valence-corrected chi connectivity index (χ2v) is 6.50. The van der Waals surface area contributed by atoms with Crippen LogP contribution in [-0.2, 0) is 4.79 Å². The number of amides is 1. The van der Waals surface area contributed by atoms with Gasteiger partial charge >= 0.3 is 0 Å². The lowest BCUT2D eigenvalue weighted by molar-refractivity contribution is -0.117. The van der Waals surface area contributed by atoms with Crippen LogP contribution in [0.25, 0.3) is 0 Å². The Hall–Kier alpha value is -1.39. The monoisotopic (exact) mass is 287 g/mol. The van der Waals surface area contributed by atoms with Gasteiger partial charge in [-0.25, -0.2) is 0 Å². The van der Waals surface area contributed by atoms with Gasteiger partial charge in [0.1, 0.15) is 0 Å². The van der Waals surface area contributed by atoms with Crippen molar-refractivity contribution in [1.29, 1.82) is 0 Å². The maximum atomic E-state index is 12.3. The second kappa shape index (κ2) is 6.16. The molecule has 2 unspecified atom stereocenters. The van der Waals surface area contributed by atoms with E-state index in [1.807, 2.05) is 12.1 Å². The normalized spacial score (nSPS) is 25.6. The molecule has 0 radical (unpaired) electrons. The molecule has 21 heavy (non-hydrogen) atoms. The molecule has 0 spiro atoms. The maximum Gasteiger partial charge on any atom is 0.238 e. The summed E-state index contributed by atoms with van der Waals surface area (Å²) >= 11 is 0. The molecule has 2 saturated heterocycles. The predicted octanol–water partition coefficient (Wildman–Crippen LogP) is 1.78. The molecule has 3 rings (SSSR count). The van der Waals surface area contributed by atoms with E-state index in [4.69, 9.17) is 0 Å². The number of hydrogen-bond acceptors (Lipinski definition) is 3. The predicted molar refractivity (Wildman–Crippen MR) is 85.5 cm³/mol. The first kappa shape index (κ1) is 14.5. The van der Waals surface area contributed by atoms with E-state index < -0.39 is 0 Å². The van der Waals surface area contributed by atoms with Crippen LogP contribution in [0.4, 0.5) is 5.69 Å². The van der Waals surface area contributed by atoms with E-state index in [0.717, 1.165) is 49.3 Å². The maximum absolute atomic E-state index is 12.3. The minimum atomic E-state index is 0.105. The molecule has 2 aliphatic heterocycles. The van der Waals surface area contributed by atoms with E-state index in [2.05, 4.69) is 35.4 Å². The summed E-state index contributed by atoms with van der Waals surface area (Å²) in [6, 6.07) is 6.05. The number of hydrogen-bond donors (Lipinski definition) is 2. The van der Waals surface area contributed by atoms with Crippen LogP contribution < -0.4 is 10.6 Å². The highest BCUT2D eigenvalue weighted by Gasteiger charge is 2.33. The van der Waals surface area contributed by atoms with Gasteiger partial charge in [-0.3, -0.25) is 9.69 Å². The molecule has 4 nitrogen and oxygen atoms in total. The molecule has 1 aromatic carbocycles. The van der Waals surface area contributed by atoms with Crippen molar-refractivity contribution in [2.75, 3.05) is 38.0 Å². The highest BCUT2D eigenvalue weighted by atomic mass is 16.2. The zero-order valence-corrected chi connectivity index (χ0v) is 13.0. The average molecular weight is 287 g/mol. The molecule has 4 heteroatoms. The van der Waals surface area contributed by atoms with Crippen molar-refractivity contribution in [3.63, 3.8) is 0 Å². The Morgan fingerprint density at radius 2 is 2.14 bits per heavy atom. The Bertz CT molecular complexity index is 529. The molecule has 0 saturated carbocycles. The first-order valence-corrected chi connectivity index (χ1v) is 7.92. The number of anilines is 1. The molecule has 2 heterocycles. The lowest BCUT2D eigenvalue weighted by atomic mass is 9.89. The number of nitrogens with one attached hydrogen (secondary N) is 2. The number of carbonyl (C=O) groups excluding carboxylic acids is 1. The van der Waals surface area contributed by atoms with Crippen LogP contribution in [0.2, 0.25) is 0 Å². The second-order valence-electron chi connectivity index (χ2n) is 6.50. The summed E-state index contributed by atoms with van der Waals surface area (Å²) in [5.74, 6) is 1.66. The van der Waals surface area contributed by atoms with Crippen LogP contribution in [0, 0.1) is 25.7 Å². The largest absolute Gasteiger partial charge is 0.325 e. The quantitative estimate of drug-likeness (QED) is 0.891. The molecule has 1 aromatic rings. The van der Waals surface area contributed by atoms with Crippen LogP contribution in [-0.4, -0.2) is 43.5 Å². The third-order valence-corrected chi connectivity index (χ3v) is 5.03. The van der Waals surface area contributed by atoms with E-state index in [9.17, 15) is 4.79 Å². The number of nitrogens with zero attached hydrogens (tertiary/aromatic N) is 1. The highest BCUT2D eigenvalue weighted by Crippen LogP contribution is 2.26. The van der Waals surface area contributed by atoms with E-state index in [-0.39, 0.29) is 5.91 Å². The van der Waals surface area contributed by atoms with Crippen LogP contribution in [0.3, 0.4) is 0 Å². The van der Waals surface area contributed by atoms with Crippen LogP contribution in [0.1, 0.15) is 17.5 Å². The third-order valence-electron chi connectivity index (χ3n) is 5.03. The molecule has 114 valence electrons. The Morgan fingerprint density at radius 3 is 3.00 bits per heavy atom. The van der Waals surface area contributed by atoms with Gasteiger partial charge < -0.3 is 10.6 Å². The number of likely N-dealkylation sites (tertiary alicyclic amines) is 1. The Labute approximate surface area is 126 Å². The Morgan fingerprint density at radius 1 is 1.33 bits per heavy atom. The number of rotatable bonds is 3. The number of aryl methyl sites for hydroxylation is 1. The number of fused-ring (bicyclic) bond motifs is 1. The third kappa shape index (κ3) is 3.27. The van der Waals surface area contributed by atoms with Gasteiger partial charge in [0.2, 0.25) is 5.91 Å². The molecule has 2 aliphatic rings. The van der Waals surface area contributed by atoms with Crippen LogP contribution in [0.15, 0.2) is 18.2 Å². The van der Waals surface area contributed by atoms with Gasteiger partial charge in [0.25, 0.3) is 0 Å². The van der Waals surface area contributed by atoms with Gasteiger partial charge in [-0.15, -0.1) is 0 Å². The van der Waals surface area contributed by atoms with Gasteiger partial charge in [0.05, 0.1) is 6.54 Å². The Balaban J connectivity index is 1.55. The lowest BCUT2D eigenvalue weighted by Crippen LogP contribution is -2.43. The topological polar surface area (TPSA) is 44.4 Å². The fourth-order valence-corrected chi connectivity index (χ4v) is 3.53. The van der Waals surface area contributed by atoms with Crippen molar-refractivity contribution >= 4 is 11.6 Å².